The van der Waals surface area contributed by atoms with Gasteiger partial charge in [0.25, 0.3) is 23.9 Å². The van der Waals surface area contributed by atoms with Crippen LogP contribution in [0, 0.1) is 0 Å². The molecule has 0 amide bonds. The zero-order valence-electron chi connectivity index (χ0n) is 12.6. The second-order valence-corrected chi connectivity index (χ2v) is 2.08. The van der Waals surface area contributed by atoms with Crippen LogP contribution in [0.15, 0.2) is 13.2 Å². The Morgan fingerprint density at radius 1 is 0.565 bits per heavy atom. The average Bonchev–Trinajstić information content (AvgIpc) is 2.01. The minimum atomic E-state index is -0.833. The van der Waals surface area contributed by atoms with Crippen LogP contribution in [0.2, 0.25) is 0 Å². The monoisotopic (exact) mass is 413 g/mol. The van der Waals surface area contributed by atoms with E-state index in [0.29, 0.717) is 0 Å². The molecule has 0 fully saturated rings. The molecule has 0 spiro atoms. The number of rotatable bonds is 0. The van der Waals surface area contributed by atoms with Crippen molar-refractivity contribution >= 4 is 83.0 Å². The molecule has 1 radical (unpaired) electrons. The Hall–Kier alpha value is 0.0595. The molecule has 0 aromatic rings. The van der Waals surface area contributed by atoms with Gasteiger partial charge in [0.05, 0.1) is 0 Å². The van der Waals surface area contributed by atoms with Crippen molar-refractivity contribution in [1.82, 2.24) is 12.3 Å². The van der Waals surface area contributed by atoms with Gasteiger partial charge >= 0.3 is 59.1 Å². The summed E-state index contributed by atoms with van der Waals surface area (Å²) in [5.41, 5.74) is 0. The summed E-state index contributed by atoms with van der Waals surface area (Å²) in [6.07, 6.45) is 0. The molecule has 13 heteroatoms. The normalized spacial score (nSPS) is 4.52. The summed E-state index contributed by atoms with van der Waals surface area (Å²) in [6, 6.07) is 0. The standard InChI is InChI=1S/4C2H4O2.C2H4.Cu.2H3N.2Na.2H/c4*1-2(3)4;1-2;;;;;;;/h4*1H3,(H,3,4);1-2H2;;2*1H3;;;;. The van der Waals surface area contributed by atoms with Gasteiger partial charge in [0.15, 0.2) is 0 Å². The van der Waals surface area contributed by atoms with Gasteiger partial charge in [-0.15, -0.1) is 13.2 Å². The predicted octanol–water partition coefficient (Wildman–Crippen LogP) is 0.190. The maximum absolute atomic E-state index is 9.00. The van der Waals surface area contributed by atoms with E-state index >= 15 is 0 Å². The summed E-state index contributed by atoms with van der Waals surface area (Å²) < 4.78 is 0. The third-order valence-electron chi connectivity index (χ3n) is 0. The average molecular weight is 414 g/mol. The van der Waals surface area contributed by atoms with Crippen LogP contribution in [0.1, 0.15) is 27.7 Å². The summed E-state index contributed by atoms with van der Waals surface area (Å²) in [4.78, 5) is 36.0. The summed E-state index contributed by atoms with van der Waals surface area (Å²) in [6.45, 7) is 10.3. The van der Waals surface area contributed by atoms with Crippen molar-refractivity contribution in [3.8, 4) is 0 Å². The zero-order chi connectivity index (χ0) is 16.3. The molecule has 0 atom stereocenters. The van der Waals surface area contributed by atoms with E-state index < -0.39 is 23.9 Å². The summed E-state index contributed by atoms with van der Waals surface area (Å²) in [5, 5.41) is 29.7. The first-order valence-corrected chi connectivity index (χ1v) is 4.21. The van der Waals surface area contributed by atoms with Crippen molar-refractivity contribution in [2.24, 2.45) is 0 Å². The number of carbonyl (C=O) groups is 4. The van der Waals surface area contributed by atoms with Crippen LogP contribution < -0.4 is 12.3 Å². The van der Waals surface area contributed by atoms with E-state index in [0.717, 1.165) is 27.7 Å². The van der Waals surface area contributed by atoms with Gasteiger partial charge in [0.1, 0.15) is 0 Å². The molecule has 0 rings (SSSR count). The first kappa shape index (κ1) is 65.8. The Kier molecular flexibility index (Phi) is 192. The molecular formula is C10H28CuN2Na2O8. The number of aliphatic carboxylic acids is 4. The van der Waals surface area contributed by atoms with E-state index in [1.54, 1.807) is 0 Å². The van der Waals surface area contributed by atoms with Crippen molar-refractivity contribution in [3.63, 3.8) is 0 Å². The molecule has 0 aliphatic heterocycles. The van der Waals surface area contributed by atoms with E-state index in [2.05, 4.69) is 13.2 Å². The van der Waals surface area contributed by atoms with E-state index in [9.17, 15) is 0 Å². The van der Waals surface area contributed by atoms with Crippen LogP contribution in [0.3, 0.4) is 0 Å². The zero-order valence-corrected chi connectivity index (χ0v) is 13.5. The number of hydrogen-bond donors (Lipinski definition) is 6. The Labute approximate surface area is 191 Å². The van der Waals surface area contributed by atoms with Crippen LogP contribution in [0.25, 0.3) is 0 Å². The molecule has 10 N–H and O–H groups in total. The molecule has 0 saturated carbocycles. The van der Waals surface area contributed by atoms with Crippen molar-refractivity contribution in [1.29, 1.82) is 0 Å². The van der Waals surface area contributed by atoms with E-state index in [1.165, 1.54) is 0 Å². The molecule has 0 aliphatic carbocycles. The molecular weight excluding hydrogens is 386 g/mol. The predicted molar refractivity (Wildman–Crippen MR) is 88.8 cm³/mol. The van der Waals surface area contributed by atoms with E-state index in [1.807, 2.05) is 0 Å². The molecule has 0 aliphatic rings. The fraction of sp³-hybridized carbons (Fsp3) is 0.400. The maximum atomic E-state index is 9.00. The van der Waals surface area contributed by atoms with Gasteiger partial charge in [0, 0.05) is 44.8 Å². The van der Waals surface area contributed by atoms with Gasteiger partial charge in [-0.1, -0.05) is 0 Å². The van der Waals surface area contributed by atoms with E-state index in [4.69, 9.17) is 39.6 Å². The molecule has 0 bridgehead atoms. The number of hydrogen-bond acceptors (Lipinski definition) is 6. The fourth-order valence-electron chi connectivity index (χ4n) is 0. The Morgan fingerprint density at radius 3 is 0.565 bits per heavy atom. The summed E-state index contributed by atoms with van der Waals surface area (Å²) in [5.74, 6) is -3.33. The summed E-state index contributed by atoms with van der Waals surface area (Å²) >= 11 is 0. The second kappa shape index (κ2) is 67.3. The molecule has 0 unspecified atom stereocenters. The fourth-order valence-corrected chi connectivity index (χ4v) is 0. The molecule has 23 heavy (non-hydrogen) atoms. The van der Waals surface area contributed by atoms with Crippen LogP contribution in [0.5, 0.6) is 0 Å². The van der Waals surface area contributed by atoms with Crippen LogP contribution in [-0.4, -0.2) is 103 Å². The number of carboxylic acids is 4. The summed E-state index contributed by atoms with van der Waals surface area (Å²) in [7, 11) is 0. The first-order valence-electron chi connectivity index (χ1n) is 4.21. The Bertz CT molecular complexity index is 195. The SMILES string of the molecule is C=C.CC(=O)O.CC(=O)O.CC(=O)O.CC(=O)O.N.N.[Cu].[NaH].[NaH]. The topological polar surface area (TPSA) is 219 Å². The first-order chi connectivity index (χ1) is 7.93. The van der Waals surface area contributed by atoms with Crippen molar-refractivity contribution in [3.05, 3.63) is 13.2 Å². The van der Waals surface area contributed by atoms with E-state index in [-0.39, 0.29) is 88.5 Å². The molecule has 139 valence electrons. The van der Waals surface area contributed by atoms with Gasteiger partial charge < -0.3 is 32.7 Å². The van der Waals surface area contributed by atoms with Gasteiger partial charge in [-0.2, -0.15) is 0 Å². The molecule has 0 saturated heterocycles. The van der Waals surface area contributed by atoms with Crippen LogP contribution in [-0.2, 0) is 36.2 Å². The third kappa shape index (κ3) is 2510000. The van der Waals surface area contributed by atoms with Gasteiger partial charge in [-0.05, 0) is 0 Å². The number of carboxylic acid groups (broad SMARTS) is 4. The van der Waals surface area contributed by atoms with Crippen LogP contribution >= 0.6 is 0 Å². The van der Waals surface area contributed by atoms with Crippen LogP contribution in [0.4, 0.5) is 0 Å². The van der Waals surface area contributed by atoms with Gasteiger partial charge in [-0.3, -0.25) is 19.2 Å². The molecule has 0 aromatic carbocycles. The Morgan fingerprint density at radius 2 is 0.565 bits per heavy atom. The van der Waals surface area contributed by atoms with Crippen molar-refractivity contribution < 1.29 is 56.7 Å². The van der Waals surface area contributed by atoms with Crippen molar-refractivity contribution in [2.45, 2.75) is 27.7 Å². The third-order valence-corrected chi connectivity index (χ3v) is 0. The van der Waals surface area contributed by atoms with Gasteiger partial charge in [0.2, 0.25) is 0 Å². The Balaban J connectivity index is -0.0000000110. The van der Waals surface area contributed by atoms with Gasteiger partial charge in [-0.25, -0.2) is 0 Å². The minimum absolute atomic E-state index is 0. The molecule has 0 aromatic heterocycles. The second-order valence-electron chi connectivity index (χ2n) is 2.08. The molecule has 0 heterocycles. The van der Waals surface area contributed by atoms with Crippen molar-refractivity contribution in [2.75, 3.05) is 0 Å². The quantitative estimate of drug-likeness (QED) is 0.233. The molecule has 10 nitrogen and oxygen atoms in total.